The molecule has 0 saturated heterocycles. The van der Waals surface area contributed by atoms with Crippen molar-refractivity contribution in [2.75, 3.05) is 26.7 Å². The third-order valence-electron chi connectivity index (χ3n) is 3.60. The number of aliphatic imine (C=N–C) groups is 1. The van der Waals surface area contributed by atoms with Crippen molar-refractivity contribution in [1.82, 2.24) is 10.6 Å². The molecule has 2 aromatic rings. The first kappa shape index (κ1) is 21.3. The van der Waals surface area contributed by atoms with Gasteiger partial charge >= 0.3 is 0 Å². The minimum Gasteiger partial charge on any atom is -0.497 e. The average molecular weight is 457 g/mol. The van der Waals surface area contributed by atoms with Crippen LogP contribution in [0.15, 0.2) is 52.1 Å². The number of hydrogen-bond acceptors (Lipinski definition) is 3. The Labute approximate surface area is 167 Å². The Morgan fingerprint density at radius 1 is 1.08 bits per heavy atom. The van der Waals surface area contributed by atoms with Gasteiger partial charge in [0.25, 0.3) is 0 Å². The van der Waals surface area contributed by atoms with E-state index in [1.807, 2.05) is 24.3 Å². The summed E-state index contributed by atoms with van der Waals surface area (Å²) in [6.45, 7) is 4.58. The highest BCUT2D eigenvalue weighted by atomic mass is 127. The molecular formula is C19H28IN3O2. The molecule has 2 rings (SSSR count). The summed E-state index contributed by atoms with van der Waals surface area (Å²) in [5.41, 5.74) is 1.27. The van der Waals surface area contributed by atoms with Crippen LogP contribution < -0.4 is 15.4 Å². The Morgan fingerprint density at radius 3 is 2.40 bits per heavy atom. The summed E-state index contributed by atoms with van der Waals surface area (Å²) < 4.78 is 10.5. The minimum absolute atomic E-state index is 0. The van der Waals surface area contributed by atoms with E-state index in [2.05, 4.69) is 34.7 Å². The van der Waals surface area contributed by atoms with Crippen molar-refractivity contribution in [2.45, 2.75) is 26.2 Å². The lowest BCUT2D eigenvalue weighted by Gasteiger charge is -2.12. The zero-order chi connectivity index (χ0) is 17.0. The van der Waals surface area contributed by atoms with Crippen LogP contribution in [-0.2, 0) is 12.8 Å². The number of nitrogens with zero attached hydrogens (tertiary/aromatic N) is 1. The van der Waals surface area contributed by atoms with Crippen molar-refractivity contribution in [3.63, 3.8) is 0 Å². The van der Waals surface area contributed by atoms with E-state index >= 15 is 0 Å². The number of guanidine groups is 1. The maximum atomic E-state index is 5.34. The molecule has 0 aliphatic heterocycles. The van der Waals surface area contributed by atoms with Crippen molar-refractivity contribution in [3.05, 3.63) is 54.0 Å². The summed E-state index contributed by atoms with van der Waals surface area (Å²) in [6, 6.07) is 12.1. The molecule has 0 fully saturated rings. The van der Waals surface area contributed by atoms with Crippen LogP contribution in [0.1, 0.15) is 24.7 Å². The number of ether oxygens (including phenoxy) is 1. The molecule has 1 heterocycles. The van der Waals surface area contributed by atoms with E-state index in [1.165, 1.54) is 5.56 Å². The van der Waals surface area contributed by atoms with Crippen LogP contribution >= 0.6 is 24.0 Å². The second kappa shape index (κ2) is 12.6. The Kier molecular flexibility index (Phi) is 10.8. The smallest absolute Gasteiger partial charge is 0.191 e. The third kappa shape index (κ3) is 8.29. The molecular weight excluding hydrogens is 429 g/mol. The molecule has 1 aromatic carbocycles. The highest BCUT2D eigenvalue weighted by molar-refractivity contribution is 14.0. The second-order valence-electron chi connectivity index (χ2n) is 5.51. The average Bonchev–Trinajstić information content (AvgIpc) is 3.13. The Morgan fingerprint density at radius 2 is 1.80 bits per heavy atom. The molecule has 0 radical (unpaired) electrons. The number of furan rings is 1. The minimum atomic E-state index is 0. The molecule has 2 N–H and O–H groups in total. The number of hydrogen-bond donors (Lipinski definition) is 2. The summed E-state index contributed by atoms with van der Waals surface area (Å²) in [5, 5.41) is 6.75. The summed E-state index contributed by atoms with van der Waals surface area (Å²) in [6.07, 6.45) is 4.52. The zero-order valence-corrected chi connectivity index (χ0v) is 17.3. The van der Waals surface area contributed by atoms with Gasteiger partial charge in [-0.1, -0.05) is 19.1 Å². The van der Waals surface area contributed by atoms with E-state index in [1.54, 1.807) is 13.4 Å². The Balaban J connectivity index is 0.00000312. The predicted molar refractivity (Wildman–Crippen MR) is 113 cm³/mol. The van der Waals surface area contributed by atoms with Gasteiger partial charge in [0, 0.05) is 26.1 Å². The number of rotatable bonds is 9. The molecule has 0 aliphatic carbocycles. The monoisotopic (exact) mass is 457 g/mol. The molecule has 0 spiro atoms. The highest BCUT2D eigenvalue weighted by Crippen LogP contribution is 2.11. The number of nitrogens with one attached hydrogen (secondary N) is 2. The summed E-state index contributed by atoms with van der Waals surface area (Å²) in [5.74, 6) is 2.73. The van der Waals surface area contributed by atoms with Crippen LogP contribution in [0.2, 0.25) is 0 Å². The van der Waals surface area contributed by atoms with E-state index < -0.39 is 0 Å². The van der Waals surface area contributed by atoms with Gasteiger partial charge in [0.1, 0.15) is 11.5 Å². The second-order valence-corrected chi connectivity index (χ2v) is 5.51. The molecule has 1 aromatic heterocycles. The van der Waals surface area contributed by atoms with Gasteiger partial charge in [-0.3, -0.25) is 4.99 Å². The summed E-state index contributed by atoms with van der Waals surface area (Å²) in [7, 11) is 1.68. The topological polar surface area (TPSA) is 58.8 Å². The molecule has 0 bridgehead atoms. The molecule has 0 unspecified atom stereocenters. The van der Waals surface area contributed by atoms with Gasteiger partial charge in [-0.2, -0.15) is 0 Å². The fraction of sp³-hybridized carbons (Fsp3) is 0.421. The first-order valence-electron chi connectivity index (χ1n) is 8.49. The zero-order valence-electron chi connectivity index (χ0n) is 15.0. The number of halogens is 1. The van der Waals surface area contributed by atoms with Crippen molar-refractivity contribution >= 4 is 29.9 Å². The summed E-state index contributed by atoms with van der Waals surface area (Å²) in [4.78, 5) is 4.56. The lowest BCUT2D eigenvalue weighted by atomic mass is 10.1. The lowest BCUT2D eigenvalue weighted by Crippen LogP contribution is -2.39. The third-order valence-corrected chi connectivity index (χ3v) is 3.60. The van der Waals surface area contributed by atoms with Gasteiger partial charge in [-0.05, 0) is 42.7 Å². The van der Waals surface area contributed by atoms with Gasteiger partial charge in [0.2, 0.25) is 0 Å². The normalized spacial score (nSPS) is 10.9. The molecule has 0 aliphatic rings. The first-order chi connectivity index (χ1) is 11.8. The standard InChI is InChI=1S/C19H27N3O2.HI/c1-3-12-20-19(22-14-11-18-5-4-15-24-18)21-13-10-16-6-8-17(23-2)9-7-16;/h4-9,15H,3,10-14H2,1-2H3,(H2,20,21,22);1H. The molecule has 0 atom stereocenters. The van der Waals surface area contributed by atoms with Crippen LogP contribution in [0.3, 0.4) is 0 Å². The maximum absolute atomic E-state index is 5.34. The van der Waals surface area contributed by atoms with Crippen LogP contribution in [0.5, 0.6) is 5.75 Å². The first-order valence-corrected chi connectivity index (χ1v) is 8.49. The molecule has 6 heteroatoms. The molecule has 138 valence electrons. The van der Waals surface area contributed by atoms with Gasteiger partial charge in [0.15, 0.2) is 5.96 Å². The maximum Gasteiger partial charge on any atom is 0.191 e. The van der Waals surface area contributed by atoms with Gasteiger partial charge in [-0.15, -0.1) is 24.0 Å². The fourth-order valence-corrected chi connectivity index (χ4v) is 2.27. The largest absolute Gasteiger partial charge is 0.497 e. The van der Waals surface area contributed by atoms with Crippen molar-refractivity contribution in [2.24, 2.45) is 4.99 Å². The Hall–Kier alpha value is -1.70. The van der Waals surface area contributed by atoms with E-state index in [4.69, 9.17) is 9.15 Å². The van der Waals surface area contributed by atoms with E-state index in [9.17, 15) is 0 Å². The van der Waals surface area contributed by atoms with Crippen LogP contribution in [0, 0.1) is 0 Å². The van der Waals surface area contributed by atoms with Gasteiger partial charge in [-0.25, -0.2) is 0 Å². The molecule has 0 saturated carbocycles. The summed E-state index contributed by atoms with van der Waals surface area (Å²) >= 11 is 0. The predicted octanol–water partition coefficient (Wildman–Crippen LogP) is 3.64. The van der Waals surface area contributed by atoms with Crippen molar-refractivity contribution < 1.29 is 9.15 Å². The molecule has 0 amide bonds. The van der Waals surface area contributed by atoms with Crippen LogP contribution in [-0.4, -0.2) is 32.7 Å². The van der Waals surface area contributed by atoms with E-state index in [0.29, 0.717) is 0 Å². The molecule has 25 heavy (non-hydrogen) atoms. The van der Waals surface area contributed by atoms with E-state index in [0.717, 1.165) is 56.4 Å². The number of methoxy groups -OCH3 is 1. The molecule has 5 nitrogen and oxygen atoms in total. The van der Waals surface area contributed by atoms with Crippen molar-refractivity contribution in [3.8, 4) is 5.75 Å². The van der Waals surface area contributed by atoms with Gasteiger partial charge in [0.05, 0.1) is 13.4 Å². The quantitative estimate of drug-likeness (QED) is 0.343. The Bertz CT molecular complexity index is 598. The number of benzene rings is 1. The van der Waals surface area contributed by atoms with Crippen LogP contribution in [0.25, 0.3) is 0 Å². The fourth-order valence-electron chi connectivity index (χ4n) is 2.27. The van der Waals surface area contributed by atoms with Gasteiger partial charge < -0.3 is 19.8 Å². The lowest BCUT2D eigenvalue weighted by molar-refractivity contribution is 0.414. The highest BCUT2D eigenvalue weighted by Gasteiger charge is 2.01. The van der Waals surface area contributed by atoms with E-state index in [-0.39, 0.29) is 24.0 Å². The SMILES string of the molecule is CCCN=C(NCCc1ccc(OC)cc1)NCCc1ccco1.I. The van der Waals surface area contributed by atoms with Crippen molar-refractivity contribution in [1.29, 1.82) is 0 Å². The van der Waals surface area contributed by atoms with Crippen LogP contribution in [0.4, 0.5) is 0 Å².